The molecule has 10 nitrogen and oxygen atoms in total. The molecule has 2 rings (SSSR count). The Morgan fingerprint density at radius 1 is 1.30 bits per heavy atom. The molecule has 0 radical (unpaired) electrons. The first-order valence-corrected chi connectivity index (χ1v) is 10.2. The van der Waals surface area contributed by atoms with Crippen LogP contribution in [0.1, 0.15) is 48.1 Å². The number of benzene rings is 1. The van der Waals surface area contributed by atoms with E-state index in [2.05, 4.69) is 15.5 Å². The molecule has 0 spiro atoms. The fourth-order valence-electron chi connectivity index (χ4n) is 2.42. The normalized spacial score (nSPS) is 10.8. The molecule has 0 saturated heterocycles. The molecule has 30 heavy (non-hydrogen) atoms. The van der Waals surface area contributed by atoms with Crippen molar-refractivity contribution in [2.45, 2.75) is 34.1 Å². The molecule has 0 fully saturated rings. The Morgan fingerprint density at radius 3 is 2.70 bits per heavy atom. The zero-order valence-electron chi connectivity index (χ0n) is 17.3. The van der Waals surface area contributed by atoms with Crippen molar-refractivity contribution in [2.75, 3.05) is 25.2 Å². The minimum absolute atomic E-state index is 0.100. The molecule has 1 heterocycles. The summed E-state index contributed by atoms with van der Waals surface area (Å²) in [5.74, 6) is -0.0658. The van der Waals surface area contributed by atoms with Crippen molar-refractivity contribution in [3.63, 3.8) is 0 Å². The van der Waals surface area contributed by atoms with Crippen molar-refractivity contribution < 1.29 is 23.9 Å². The monoisotopic (exact) mass is 436 g/mol. The minimum atomic E-state index is -0.520. The molecule has 0 aliphatic rings. The van der Waals surface area contributed by atoms with Crippen LogP contribution in [0.3, 0.4) is 0 Å². The summed E-state index contributed by atoms with van der Waals surface area (Å²) >= 11 is 1.11. The van der Waals surface area contributed by atoms with Gasteiger partial charge in [0, 0.05) is 11.6 Å². The van der Waals surface area contributed by atoms with Gasteiger partial charge in [0.2, 0.25) is 10.9 Å². The first kappa shape index (κ1) is 23.1. The van der Waals surface area contributed by atoms with Crippen molar-refractivity contribution in [1.29, 1.82) is 0 Å². The van der Waals surface area contributed by atoms with Crippen LogP contribution in [0.2, 0.25) is 0 Å². The van der Waals surface area contributed by atoms with Crippen molar-refractivity contribution in [3.8, 4) is 11.5 Å². The number of nitrogens with one attached hydrogen (secondary N) is 1. The Kier molecular flexibility index (Phi) is 8.54. The number of hydrogen-bond acceptors (Lipinski definition) is 10. The van der Waals surface area contributed by atoms with Crippen molar-refractivity contribution >= 4 is 34.3 Å². The molecule has 0 bridgehead atoms. The van der Waals surface area contributed by atoms with Gasteiger partial charge >= 0.3 is 11.7 Å². The van der Waals surface area contributed by atoms with Gasteiger partial charge in [-0.2, -0.15) is 5.10 Å². The van der Waals surface area contributed by atoms with Crippen LogP contribution in [0.15, 0.2) is 17.2 Å². The van der Waals surface area contributed by atoms with Gasteiger partial charge in [0.25, 0.3) is 0 Å². The third kappa shape index (κ3) is 5.89. The summed E-state index contributed by atoms with van der Waals surface area (Å²) in [6.45, 7) is 8.05. The van der Waals surface area contributed by atoms with E-state index < -0.39 is 10.9 Å². The van der Waals surface area contributed by atoms with E-state index in [9.17, 15) is 14.9 Å². The quantitative estimate of drug-likeness (QED) is 0.241. The summed E-state index contributed by atoms with van der Waals surface area (Å²) in [6, 6.07) is 2.97. The molecule has 2 aromatic rings. The van der Waals surface area contributed by atoms with Crippen LogP contribution in [0.4, 0.5) is 10.8 Å². The highest BCUT2D eigenvalue weighted by atomic mass is 32.1. The second kappa shape index (κ2) is 11.1. The fraction of sp³-hybridized carbons (Fsp3) is 0.421. The van der Waals surface area contributed by atoms with Crippen LogP contribution >= 0.6 is 11.3 Å². The molecule has 0 aliphatic heterocycles. The number of nitro benzene ring substituents is 1. The average molecular weight is 436 g/mol. The predicted octanol–water partition coefficient (Wildman–Crippen LogP) is 4.17. The highest BCUT2D eigenvalue weighted by Crippen LogP contribution is 2.38. The van der Waals surface area contributed by atoms with Gasteiger partial charge in [-0.25, -0.2) is 9.78 Å². The molecular weight excluding hydrogens is 412 g/mol. The number of aryl methyl sites for hydroxylation is 1. The molecule has 1 aromatic heterocycles. The Labute approximate surface area is 178 Å². The lowest BCUT2D eigenvalue weighted by Crippen LogP contribution is -2.04. The lowest BCUT2D eigenvalue weighted by atomic mass is 10.2. The van der Waals surface area contributed by atoms with E-state index >= 15 is 0 Å². The zero-order valence-corrected chi connectivity index (χ0v) is 18.1. The molecule has 0 atom stereocenters. The summed E-state index contributed by atoms with van der Waals surface area (Å²) < 4.78 is 16.0. The molecule has 0 unspecified atom stereocenters. The smallest absolute Gasteiger partial charge is 0.350 e. The molecule has 1 aromatic carbocycles. The van der Waals surface area contributed by atoms with Crippen molar-refractivity contribution in [3.05, 3.63) is 38.4 Å². The van der Waals surface area contributed by atoms with Gasteiger partial charge < -0.3 is 14.2 Å². The number of rotatable bonds is 11. The predicted molar refractivity (Wildman–Crippen MR) is 114 cm³/mol. The van der Waals surface area contributed by atoms with Crippen LogP contribution in [0, 0.1) is 17.0 Å². The minimum Gasteiger partial charge on any atom is -0.490 e. The van der Waals surface area contributed by atoms with Gasteiger partial charge in [-0.15, -0.1) is 0 Å². The standard InChI is InChI=1S/C19H24N4O6S/c1-5-8-29-16-14(23(25)26)9-13(10-15(16)27-6-2)11-20-22-19-21-12(4)17(30-19)18(24)28-7-3/h9-11H,5-8H2,1-4H3,(H,21,22)/b20-11-. The van der Waals surface area contributed by atoms with Crippen molar-refractivity contribution in [1.82, 2.24) is 4.98 Å². The molecule has 0 amide bonds. The number of thiazole rings is 1. The number of esters is 1. The highest BCUT2D eigenvalue weighted by molar-refractivity contribution is 7.17. The third-order valence-corrected chi connectivity index (χ3v) is 4.68. The maximum atomic E-state index is 11.9. The highest BCUT2D eigenvalue weighted by Gasteiger charge is 2.22. The molecular formula is C19H24N4O6S. The maximum absolute atomic E-state index is 11.9. The summed E-state index contributed by atoms with van der Waals surface area (Å²) in [5, 5.41) is 16.0. The number of carbonyl (C=O) groups is 1. The fourth-order valence-corrected chi connectivity index (χ4v) is 3.23. The molecule has 11 heteroatoms. The van der Waals surface area contributed by atoms with Gasteiger partial charge in [0.1, 0.15) is 4.88 Å². The summed E-state index contributed by atoms with van der Waals surface area (Å²) in [4.78, 5) is 27.5. The van der Waals surface area contributed by atoms with Gasteiger partial charge in [0.15, 0.2) is 5.75 Å². The molecule has 1 N–H and O–H groups in total. The van der Waals surface area contributed by atoms with E-state index in [-0.39, 0.29) is 23.8 Å². The number of anilines is 1. The summed E-state index contributed by atoms with van der Waals surface area (Å²) in [5.41, 5.74) is 3.50. The van der Waals surface area contributed by atoms with Gasteiger partial charge in [0.05, 0.1) is 36.7 Å². The largest absolute Gasteiger partial charge is 0.490 e. The van der Waals surface area contributed by atoms with Crippen molar-refractivity contribution in [2.24, 2.45) is 5.10 Å². The lowest BCUT2D eigenvalue weighted by Gasteiger charge is -2.12. The van der Waals surface area contributed by atoms with Gasteiger partial charge in [-0.3, -0.25) is 15.5 Å². The van der Waals surface area contributed by atoms with E-state index in [1.165, 1.54) is 12.3 Å². The summed E-state index contributed by atoms with van der Waals surface area (Å²) in [7, 11) is 0. The van der Waals surface area contributed by atoms with E-state index in [0.717, 1.165) is 11.3 Å². The van der Waals surface area contributed by atoms with Gasteiger partial charge in [-0.1, -0.05) is 18.3 Å². The van der Waals surface area contributed by atoms with Crippen LogP contribution in [-0.4, -0.2) is 41.9 Å². The van der Waals surface area contributed by atoms with Crippen LogP contribution in [0.5, 0.6) is 11.5 Å². The Balaban J connectivity index is 2.25. The number of nitro groups is 1. The van der Waals surface area contributed by atoms with E-state index in [0.29, 0.717) is 40.9 Å². The average Bonchev–Trinajstić information content (AvgIpc) is 3.07. The molecule has 0 aliphatic carbocycles. The van der Waals surface area contributed by atoms with E-state index in [1.54, 1.807) is 26.8 Å². The molecule has 162 valence electrons. The number of aromatic nitrogens is 1. The lowest BCUT2D eigenvalue weighted by molar-refractivity contribution is -0.386. The van der Waals surface area contributed by atoms with Crippen LogP contribution in [0.25, 0.3) is 0 Å². The Morgan fingerprint density at radius 2 is 2.07 bits per heavy atom. The first-order chi connectivity index (χ1) is 14.4. The Bertz CT molecular complexity index is 928. The number of nitrogens with zero attached hydrogens (tertiary/aromatic N) is 3. The number of carbonyl (C=O) groups excluding carboxylic acids is 1. The second-order valence-electron chi connectivity index (χ2n) is 5.93. The topological polar surface area (TPSA) is 125 Å². The number of hydrazone groups is 1. The zero-order chi connectivity index (χ0) is 22.1. The number of hydrogen-bond donors (Lipinski definition) is 1. The van der Waals surface area contributed by atoms with Gasteiger partial charge in [-0.05, 0) is 33.3 Å². The SMILES string of the molecule is CCCOc1c(OCC)cc(/C=N\Nc2nc(C)c(C(=O)OCC)s2)cc1[N+](=O)[O-]. The Hall–Kier alpha value is -3.21. The second-order valence-corrected chi connectivity index (χ2v) is 6.93. The first-order valence-electron chi connectivity index (χ1n) is 9.42. The van der Waals surface area contributed by atoms with Crippen LogP contribution < -0.4 is 14.9 Å². The van der Waals surface area contributed by atoms with Crippen LogP contribution in [-0.2, 0) is 4.74 Å². The van der Waals surface area contributed by atoms with E-state index in [4.69, 9.17) is 14.2 Å². The van der Waals surface area contributed by atoms with E-state index in [1.807, 2.05) is 6.92 Å². The molecule has 0 saturated carbocycles. The maximum Gasteiger partial charge on any atom is 0.350 e. The summed E-state index contributed by atoms with van der Waals surface area (Å²) in [6.07, 6.45) is 2.11. The third-order valence-electron chi connectivity index (χ3n) is 3.64. The number of ether oxygens (including phenoxy) is 3.